The second-order valence-corrected chi connectivity index (χ2v) is 14.1. The molecular weight excluding hydrogens is 607 g/mol. The molecule has 4 atom stereocenters. The Morgan fingerprint density at radius 3 is 2.23 bits per heavy atom. The lowest BCUT2D eigenvalue weighted by Crippen LogP contribution is -2.51. The van der Waals surface area contributed by atoms with Crippen molar-refractivity contribution in [1.82, 2.24) is 10.6 Å². The van der Waals surface area contributed by atoms with Crippen molar-refractivity contribution in [2.75, 3.05) is 18.9 Å². The van der Waals surface area contributed by atoms with E-state index in [1.807, 2.05) is 0 Å². The number of anilines is 1. The number of likely N-dealkylation sites (N-methyl/N-ethyl adjacent to an activating group) is 1. The average molecular weight is 647 g/mol. The first-order chi connectivity index (χ1) is 20.5. The van der Waals surface area contributed by atoms with Gasteiger partial charge in [0, 0.05) is 34.6 Å². The third kappa shape index (κ3) is 6.50. The van der Waals surface area contributed by atoms with Gasteiger partial charge in [-0.1, -0.05) is 74.3 Å². The Labute approximate surface area is 267 Å². The molecule has 0 saturated carbocycles. The van der Waals surface area contributed by atoms with Crippen LogP contribution in [-0.2, 0) is 20.4 Å². The minimum atomic E-state index is -1.15. The third-order valence-electron chi connectivity index (χ3n) is 8.62. The molecule has 0 spiro atoms. The lowest BCUT2D eigenvalue weighted by Gasteiger charge is -2.43. The van der Waals surface area contributed by atoms with E-state index in [0.717, 1.165) is 0 Å². The van der Waals surface area contributed by atoms with Crippen molar-refractivity contribution in [2.24, 2.45) is 5.41 Å². The normalized spacial score (nSPS) is 22.2. The maximum absolute atomic E-state index is 16.0. The summed E-state index contributed by atoms with van der Waals surface area (Å²) in [4.78, 5) is 25.9. The lowest BCUT2D eigenvalue weighted by atomic mass is 9.61. The lowest BCUT2D eigenvalue weighted by molar-refractivity contribution is -0.142. The van der Waals surface area contributed by atoms with Gasteiger partial charge in [-0.3, -0.25) is 9.59 Å². The Bertz CT molecular complexity index is 1540. The molecule has 1 aliphatic rings. The van der Waals surface area contributed by atoms with Crippen LogP contribution in [0.3, 0.4) is 0 Å². The molecule has 0 unspecified atom stereocenters. The van der Waals surface area contributed by atoms with E-state index < -0.39 is 52.3 Å². The molecule has 3 aromatic carbocycles. The first kappa shape index (κ1) is 33.8. The van der Waals surface area contributed by atoms with E-state index in [0.29, 0.717) is 23.2 Å². The summed E-state index contributed by atoms with van der Waals surface area (Å²) in [5, 5.41) is 19.3. The van der Waals surface area contributed by atoms with Crippen molar-refractivity contribution >= 4 is 40.8 Å². The molecule has 44 heavy (non-hydrogen) atoms. The third-order valence-corrected chi connectivity index (χ3v) is 9.14. The van der Waals surface area contributed by atoms with Gasteiger partial charge >= 0.3 is 5.97 Å². The predicted molar refractivity (Wildman–Crippen MR) is 172 cm³/mol. The molecule has 0 bridgehead atoms. The van der Waals surface area contributed by atoms with Gasteiger partial charge in [-0.05, 0) is 79.8 Å². The van der Waals surface area contributed by atoms with Crippen molar-refractivity contribution in [1.29, 1.82) is 0 Å². The highest BCUT2D eigenvalue weighted by Crippen LogP contribution is 2.53. The number of halogens is 4. The second-order valence-electron chi connectivity index (χ2n) is 13.3. The molecule has 0 aromatic heterocycles. The largest absolute Gasteiger partial charge is 0.481 e. The number of hydrogen-bond donors (Lipinski definition) is 4. The summed E-state index contributed by atoms with van der Waals surface area (Å²) in [5.74, 6) is -3.56. The number of rotatable bonds is 9. The summed E-state index contributed by atoms with van der Waals surface area (Å²) in [6.07, 6.45) is 0.526. The van der Waals surface area contributed by atoms with Crippen LogP contribution in [0.4, 0.5) is 14.5 Å². The first-order valence-corrected chi connectivity index (χ1v) is 15.2. The number of carboxylic acids is 1. The van der Waals surface area contributed by atoms with E-state index in [4.69, 9.17) is 23.2 Å². The second kappa shape index (κ2) is 12.8. The molecule has 1 heterocycles. The van der Waals surface area contributed by atoms with E-state index in [9.17, 15) is 14.7 Å². The quantitative estimate of drug-likeness (QED) is 0.196. The molecule has 4 rings (SSSR count). The zero-order chi connectivity index (χ0) is 32.6. The van der Waals surface area contributed by atoms with E-state index in [1.165, 1.54) is 12.1 Å². The Morgan fingerprint density at radius 1 is 1.00 bits per heavy atom. The first-order valence-electron chi connectivity index (χ1n) is 14.5. The van der Waals surface area contributed by atoms with Gasteiger partial charge in [0.2, 0.25) is 5.91 Å². The highest BCUT2D eigenvalue weighted by atomic mass is 35.5. The van der Waals surface area contributed by atoms with E-state index in [2.05, 4.69) is 36.7 Å². The molecule has 1 amide bonds. The van der Waals surface area contributed by atoms with Gasteiger partial charge in [0.15, 0.2) is 0 Å². The fourth-order valence-corrected chi connectivity index (χ4v) is 6.77. The molecular formula is C34H39Cl2F2N3O3. The smallest absolute Gasteiger partial charge is 0.313 e. The van der Waals surface area contributed by atoms with Gasteiger partial charge in [0.25, 0.3) is 0 Å². The maximum atomic E-state index is 16.0. The van der Waals surface area contributed by atoms with Crippen molar-refractivity contribution in [3.8, 4) is 0 Å². The molecule has 1 aliphatic heterocycles. The number of hydrogen-bond acceptors (Lipinski definition) is 4. The van der Waals surface area contributed by atoms with Crippen LogP contribution < -0.4 is 16.0 Å². The number of benzene rings is 3. The highest BCUT2D eigenvalue weighted by molar-refractivity contribution is 6.31. The Hall–Kier alpha value is -3.04. The maximum Gasteiger partial charge on any atom is 0.313 e. The minimum absolute atomic E-state index is 0.104. The summed E-state index contributed by atoms with van der Waals surface area (Å²) >= 11 is 12.5. The summed E-state index contributed by atoms with van der Waals surface area (Å²) < 4.78 is 32.0. The van der Waals surface area contributed by atoms with Gasteiger partial charge in [0.05, 0.1) is 16.5 Å². The Kier molecular flexibility index (Phi) is 9.81. The minimum Gasteiger partial charge on any atom is -0.481 e. The topological polar surface area (TPSA) is 90.5 Å². The van der Waals surface area contributed by atoms with E-state index in [1.54, 1.807) is 69.4 Å². The molecule has 10 heteroatoms. The molecule has 0 aliphatic carbocycles. The predicted octanol–water partition coefficient (Wildman–Crippen LogP) is 7.29. The number of carbonyl (C=O) groups is 2. The fraction of sp³-hybridized carbons (Fsp3) is 0.412. The summed E-state index contributed by atoms with van der Waals surface area (Å²) in [6, 6.07) is 14.2. The Morgan fingerprint density at radius 2 is 1.66 bits per heavy atom. The number of amides is 1. The van der Waals surface area contributed by atoms with Crippen molar-refractivity contribution < 1.29 is 23.5 Å². The van der Waals surface area contributed by atoms with E-state index >= 15 is 8.78 Å². The van der Waals surface area contributed by atoms with Crippen molar-refractivity contribution in [3.05, 3.63) is 99.0 Å². The Balaban J connectivity index is 1.90. The van der Waals surface area contributed by atoms with Gasteiger partial charge in [-0.15, -0.1) is 0 Å². The monoisotopic (exact) mass is 645 g/mol. The van der Waals surface area contributed by atoms with Crippen molar-refractivity contribution in [3.63, 3.8) is 0 Å². The summed E-state index contributed by atoms with van der Waals surface area (Å²) in [6.45, 7) is 9.57. The number of carbonyl (C=O) groups excluding carboxylic acids is 1. The molecule has 6 nitrogen and oxygen atoms in total. The van der Waals surface area contributed by atoms with Crippen molar-refractivity contribution in [2.45, 2.75) is 69.9 Å². The number of aliphatic carboxylic acids is 1. The summed E-state index contributed by atoms with van der Waals surface area (Å²) in [7, 11) is 1.74. The molecule has 1 saturated heterocycles. The molecule has 4 N–H and O–H groups in total. The zero-order valence-corrected chi connectivity index (χ0v) is 27.2. The van der Waals surface area contributed by atoms with Gasteiger partial charge in [-0.2, -0.15) is 0 Å². The van der Waals surface area contributed by atoms with Crippen LogP contribution in [0.1, 0.15) is 63.6 Å². The van der Waals surface area contributed by atoms with Crippen LogP contribution in [0.2, 0.25) is 10.0 Å². The van der Waals surface area contributed by atoms with Crippen LogP contribution in [0, 0.1) is 17.0 Å². The van der Waals surface area contributed by atoms with Gasteiger partial charge < -0.3 is 21.1 Å². The highest BCUT2D eigenvalue weighted by Gasteiger charge is 2.60. The standard InChI is InChI=1S/C34H39Cl2F2N3O3/c1-32(2,3)17-26-34(18-39-6,23-15-12-20(35)16-25(23)37)27(22-8-7-9-24(36)28(22)38)29(41-26)30(42)40-21-13-10-19(11-14-21)33(4,5)31(43)44/h7-16,26-27,29,39,41H,17-18H2,1-6H3,(H,40,42)(H,43,44)/t26-,27-,29+,34-/m0/s1. The molecule has 0 radical (unpaired) electrons. The van der Waals surface area contributed by atoms with Crippen LogP contribution in [0.5, 0.6) is 0 Å². The van der Waals surface area contributed by atoms with Crippen LogP contribution in [-0.4, -0.2) is 42.7 Å². The van der Waals surface area contributed by atoms with Crippen LogP contribution >= 0.6 is 23.2 Å². The number of carboxylic acid groups (broad SMARTS) is 1. The van der Waals surface area contributed by atoms with Crippen LogP contribution in [0.15, 0.2) is 60.7 Å². The zero-order valence-electron chi connectivity index (χ0n) is 25.7. The fourth-order valence-electron chi connectivity index (χ4n) is 6.43. The molecule has 3 aromatic rings. The SMILES string of the molecule is CNC[C@]1(c2ccc(Cl)cc2F)[C@H](CC(C)(C)C)N[C@@H](C(=O)Nc2ccc(C(C)(C)C(=O)O)cc2)[C@@H]1c1cccc(Cl)c1F. The van der Waals surface area contributed by atoms with Crippen LogP contribution in [0.25, 0.3) is 0 Å². The number of nitrogens with one attached hydrogen (secondary N) is 3. The molecule has 1 fully saturated rings. The van der Waals surface area contributed by atoms with Gasteiger partial charge in [0.1, 0.15) is 11.6 Å². The average Bonchev–Trinajstić information content (AvgIpc) is 3.23. The van der Waals surface area contributed by atoms with Gasteiger partial charge in [-0.25, -0.2) is 8.78 Å². The van der Waals surface area contributed by atoms with E-state index in [-0.39, 0.29) is 27.6 Å². The summed E-state index contributed by atoms with van der Waals surface area (Å²) in [5.41, 5.74) is -1.04. The molecule has 236 valence electrons.